The Hall–Kier alpha value is -8.62. The number of fused-ring (bicyclic) bond motifs is 9. The van der Waals surface area contributed by atoms with Crippen LogP contribution in [-0.4, -0.2) is 75.1 Å². The first kappa shape index (κ1) is 65.1. The highest BCUT2D eigenvalue weighted by atomic mass is 79.9. The van der Waals surface area contributed by atoms with E-state index in [2.05, 4.69) is 218 Å². The number of carbonyl (C=O) groups excluding carboxylic acids is 1. The second-order valence-corrected chi connectivity index (χ2v) is 28.4. The molecule has 8 N–H and O–H groups in total. The van der Waals surface area contributed by atoms with E-state index in [4.69, 9.17) is 14.0 Å². The lowest BCUT2D eigenvalue weighted by Gasteiger charge is -2.32. The summed E-state index contributed by atoms with van der Waals surface area (Å²) in [7, 11) is -0.536. The van der Waals surface area contributed by atoms with Gasteiger partial charge in [-0.15, -0.1) is 0 Å². The minimum Gasteiger partial charge on any atom is -0.442 e. The summed E-state index contributed by atoms with van der Waals surface area (Å²) in [5, 5.41) is 33.3. The number of aromatic nitrogens is 9. The molecular weight excluding hydrogens is 1250 g/mol. The van der Waals surface area contributed by atoms with Crippen LogP contribution in [0.25, 0.3) is 55.0 Å². The molecule has 12 aromatic rings. The number of nitrogens with one attached hydrogen (secondary N) is 8. The quantitative estimate of drug-likeness (QED) is 0.0544. The van der Waals surface area contributed by atoms with Gasteiger partial charge in [0.25, 0.3) is 0 Å². The molecule has 488 valence electrons. The van der Waals surface area contributed by atoms with Crippen molar-refractivity contribution in [2.24, 2.45) is 0 Å². The van der Waals surface area contributed by atoms with Crippen molar-refractivity contribution in [2.75, 3.05) is 0 Å². The van der Waals surface area contributed by atoms with Gasteiger partial charge in [0.15, 0.2) is 0 Å². The fourth-order valence-corrected chi connectivity index (χ4v) is 13.9. The molecule has 1 saturated heterocycles. The molecule has 3 atom stereocenters. The number of aryl methyl sites for hydroxylation is 3. The zero-order valence-corrected chi connectivity index (χ0v) is 57.0. The van der Waals surface area contributed by atoms with E-state index in [-0.39, 0.29) is 0 Å². The molecule has 0 spiro atoms. The maximum atomic E-state index is 11.9. The van der Waals surface area contributed by atoms with Crippen LogP contribution in [0.15, 0.2) is 187 Å². The second kappa shape index (κ2) is 28.4. The predicted octanol–water partition coefficient (Wildman–Crippen LogP) is 16.5. The molecule has 16 nitrogen and oxygen atoms in total. The van der Waals surface area contributed by atoms with Gasteiger partial charge in [-0.3, -0.25) is 10.2 Å². The molecule has 6 aromatic carbocycles. The average molecular weight is 1330 g/mol. The highest BCUT2D eigenvalue weighted by Gasteiger charge is 2.52. The van der Waals surface area contributed by atoms with Crippen molar-refractivity contribution < 1.29 is 18.8 Å². The Labute approximate surface area is 564 Å². The molecule has 0 saturated carbocycles. The van der Waals surface area contributed by atoms with Gasteiger partial charge in [-0.25, -0.2) is 4.79 Å². The molecule has 1 aliphatic heterocycles. The minimum atomic E-state index is -0.562. The number of hydrogen-bond donors (Lipinski definition) is 8. The van der Waals surface area contributed by atoms with Crippen LogP contribution in [0.1, 0.15) is 156 Å². The Morgan fingerprint density at radius 3 is 1.35 bits per heavy atom. The Morgan fingerprint density at radius 2 is 0.958 bits per heavy atom. The predicted molar refractivity (Wildman–Crippen MR) is 384 cm³/mol. The van der Waals surface area contributed by atoms with Crippen LogP contribution >= 0.6 is 15.9 Å². The third-order valence-corrected chi connectivity index (χ3v) is 19.6. The van der Waals surface area contributed by atoms with E-state index in [1.165, 1.54) is 139 Å². The smallest absolute Gasteiger partial charge is 0.442 e. The molecule has 7 heterocycles. The Morgan fingerprint density at radius 1 is 0.558 bits per heavy atom. The van der Waals surface area contributed by atoms with Gasteiger partial charge in [-0.1, -0.05) is 119 Å². The van der Waals surface area contributed by atoms with Crippen LogP contribution in [0.2, 0.25) is 0 Å². The maximum absolute atomic E-state index is 11.9. The van der Waals surface area contributed by atoms with Crippen molar-refractivity contribution in [3.05, 3.63) is 238 Å². The molecule has 0 radical (unpaired) electrons. The SMILES string of the molecule is Brc1ccc2[nH]c3c(c2c1)CCC[C@H]3NCc1ccccc1.CC(C)(C)OC(=O)n1cc(B2OC(C)(C)C(C)(C)O2)cn1.c1ccc(CN[C@@H]2CCCc3c2[nH]c2ccc(-c4cn[nH]c4)cc32)cc1.c1ccc(CN[C@@H]2CCCc3c2[nH]c2ccc(-c4cn[nH]c4)cc32)cc1. The van der Waals surface area contributed by atoms with Gasteiger partial charge in [0, 0.05) is 133 Å². The summed E-state index contributed by atoms with van der Waals surface area (Å²) in [5.41, 5.74) is 20.3. The number of aromatic amines is 5. The lowest BCUT2D eigenvalue weighted by Crippen LogP contribution is -2.41. The number of rotatable bonds is 12. The molecule has 4 aliphatic rings. The Balaban J connectivity index is 0.000000115. The van der Waals surface area contributed by atoms with Gasteiger partial charge in [0.1, 0.15) is 5.60 Å². The number of hydrogen-bond acceptors (Lipinski definition) is 10. The summed E-state index contributed by atoms with van der Waals surface area (Å²) in [6.07, 6.45) is 21.0. The lowest BCUT2D eigenvalue weighted by atomic mass is 9.82. The van der Waals surface area contributed by atoms with E-state index in [0.717, 1.165) is 52.8 Å². The van der Waals surface area contributed by atoms with Crippen molar-refractivity contribution in [1.29, 1.82) is 0 Å². The molecule has 6 aromatic heterocycles. The zero-order valence-electron chi connectivity index (χ0n) is 55.4. The average Bonchev–Trinajstić information content (AvgIpc) is 1.70. The first-order valence-electron chi connectivity index (χ1n) is 33.5. The standard InChI is InChI=1S/2C22H22N4.C19H19BrN2.C14H23BN2O4/c2*1-2-5-15(6-3-1)12-23-21-8-4-7-18-19-11-16(17-13-24-25-14-17)9-10-20(19)26-22(18)21;20-14-9-10-17-16(11-14)15-7-4-8-18(19(15)22-17)21-12-13-5-2-1-3-6-13;1-12(2,3)19-11(18)17-9-10(8-16-17)15-20-13(4,5)14(6,7)21-15/h2*1-3,5-6,9-11,13-14,21,23,26H,4,7-8,12H2,(H,24,25);1-3,5-6,9-11,18,21-22H,4,7-8,12H2;8-9H,1-7H3/t2*21-;18-;/m111./s1. The van der Waals surface area contributed by atoms with E-state index in [0.29, 0.717) is 23.6 Å². The zero-order chi connectivity index (χ0) is 65.7. The summed E-state index contributed by atoms with van der Waals surface area (Å²) in [6, 6.07) is 53.0. The molecular formula is C77H86BBrN12O4. The van der Waals surface area contributed by atoms with E-state index in [1.54, 1.807) is 12.4 Å². The first-order chi connectivity index (χ1) is 46.0. The van der Waals surface area contributed by atoms with Gasteiger partial charge < -0.3 is 44.9 Å². The van der Waals surface area contributed by atoms with E-state index in [9.17, 15) is 4.79 Å². The maximum Gasteiger partial charge on any atom is 0.498 e. The van der Waals surface area contributed by atoms with Crippen LogP contribution in [0.3, 0.4) is 0 Å². The van der Waals surface area contributed by atoms with Gasteiger partial charge in [-0.2, -0.15) is 20.0 Å². The number of H-pyrrole nitrogens is 5. The number of ether oxygens (including phenoxy) is 1. The summed E-state index contributed by atoms with van der Waals surface area (Å²) >= 11 is 3.59. The highest BCUT2D eigenvalue weighted by Crippen LogP contribution is 2.41. The largest absolute Gasteiger partial charge is 0.498 e. The van der Waals surface area contributed by atoms with Gasteiger partial charge in [0.2, 0.25) is 0 Å². The molecule has 0 unspecified atom stereocenters. The summed E-state index contributed by atoms with van der Waals surface area (Å²) in [5.74, 6) is 0. The number of nitrogens with zero attached hydrogens (tertiary/aromatic N) is 4. The summed E-state index contributed by atoms with van der Waals surface area (Å²) in [6.45, 7) is 16.1. The fourth-order valence-electron chi connectivity index (χ4n) is 13.5. The molecule has 95 heavy (non-hydrogen) atoms. The molecule has 0 bridgehead atoms. The van der Waals surface area contributed by atoms with Crippen molar-refractivity contribution in [3.63, 3.8) is 0 Å². The topological polar surface area (TPSA) is 203 Å². The van der Waals surface area contributed by atoms with Crippen LogP contribution < -0.4 is 21.4 Å². The number of carbonyl (C=O) groups is 1. The molecule has 1 fully saturated rings. The second-order valence-electron chi connectivity index (χ2n) is 27.5. The lowest BCUT2D eigenvalue weighted by molar-refractivity contribution is 0.00578. The van der Waals surface area contributed by atoms with Crippen LogP contribution in [0.5, 0.6) is 0 Å². The normalized spacial score (nSPS) is 17.8. The van der Waals surface area contributed by atoms with Gasteiger partial charge >= 0.3 is 13.2 Å². The van der Waals surface area contributed by atoms with E-state index in [1.807, 2.05) is 73.3 Å². The van der Waals surface area contributed by atoms with Crippen LogP contribution in [0.4, 0.5) is 4.79 Å². The summed E-state index contributed by atoms with van der Waals surface area (Å²) in [4.78, 5) is 23.0. The van der Waals surface area contributed by atoms with Crippen molar-refractivity contribution in [3.8, 4) is 22.3 Å². The van der Waals surface area contributed by atoms with E-state index < -0.39 is 30.0 Å². The first-order valence-corrected chi connectivity index (χ1v) is 34.3. The molecule has 16 rings (SSSR count). The van der Waals surface area contributed by atoms with Crippen molar-refractivity contribution in [1.82, 2.24) is 61.1 Å². The van der Waals surface area contributed by atoms with Gasteiger partial charge in [0.05, 0.1) is 23.6 Å². The van der Waals surface area contributed by atoms with Crippen molar-refractivity contribution in [2.45, 2.75) is 161 Å². The van der Waals surface area contributed by atoms with Gasteiger partial charge in [-0.05, 0) is 193 Å². The number of benzene rings is 6. The molecule has 18 heteroatoms. The third kappa shape index (κ3) is 15.1. The fraction of sp³-hybridized carbons (Fsp3) is 0.325. The van der Waals surface area contributed by atoms with Crippen molar-refractivity contribution >= 4 is 67.3 Å². The minimum absolute atomic E-state index is 0.392. The number of halogens is 1. The Bertz CT molecular complexity index is 4330. The monoisotopic (exact) mass is 1330 g/mol. The Kier molecular flexibility index (Phi) is 19.4. The highest BCUT2D eigenvalue weighted by molar-refractivity contribution is 9.10. The molecule has 3 aliphatic carbocycles. The van der Waals surface area contributed by atoms with E-state index >= 15 is 0 Å². The van der Waals surface area contributed by atoms with Crippen LogP contribution in [-0.2, 0) is 52.9 Å². The van der Waals surface area contributed by atoms with Crippen LogP contribution in [0, 0.1) is 0 Å². The molecule has 0 amide bonds. The third-order valence-electron chi connectivity index (χ3n) is 19.1. The summed E-state index contributed by atoms with van der Waals surface area (Å²) < 4.78 is 19.4.